The van der Waals surface area contributed by atoms with Gasteiger partial charge in [0.2, 0.25) is 0 Å². The van der Waals surface area contributed by atoms with Crippen LogP contribution in [-0.2, 0) is 14.3 Å². The molecule has 0 N–H and O–H groups in total. The van der Waals surface area contributed by atoms with Crippen LogP contribution in [0.3, 0.4) is 0 Å². The molecule has 0 radical (unpaired) electrons. The first-order chi connectivity index (χ1) is 7.45. The fourth-order valence-electron chi connectivity index (χ4n) is 1.44. The first kappa shape index (κ1) is 15.8. The molecule has 0 rings (SSSR count). The maximum absolute atomic E-state index is 13.2. The summed E-state index contributed by atoms with van der Waals surface area (Å²) >= 11 is 0. The summed E-state index contributed by atoms with van der Waals surface area (Å²) in [6.45, 7) is 2.09. The minimum atomic E-state index is -3.42. The molecule has 0 aliphatic heterocycles. The van der Waals surface area contributed by atoms with E-state index >= 15 is 0 Å². The second-order valence-electron chi connectivity index (χ2n) is 4.11. The smallest absolute Gasteiger partial charge is 0.264 e. The van der Waals surface area contributed by atoms with Crippen molar-refractivity contribution in [2.75, 3.05) is 12.9 Å². The van der Waals surface area contributed by atoms with Crippen molar-refractivity contribution in [2.45, 2.75) is 58.0 Å². The number of rotatable bonds is 10. The Morgan fingerprint density at radius 1 is 1.12 bits per heavy atom. The van der Waals surface area contributed by atoms with Crippen LogP contribution in [0.1, 0.15) is 51.9 Å². The Bertz CT molecular complexity index is 252. The van der Waals surface area contributed by atoms with Gasteiger partial charge in [0.25, 0.3) is 10.1 Å². The van der Waals surface area contributed by atoms with Crippen molar-refractivity contribution in [1.82, 2.24) is 0 Å². The molecule has 0 heterocycles. The summed E-state index contributed by atoms with van der Waals surface area (Å²) in [4.78, 5) is 0. The largest absolute Gasteiger partial charge is 0.270 e. The molecule has 0 saturated carbocycles. The maximum atomic E-state index is 13.2. The van der Waals surface area contributed by atoms with E-state index in [1.54, 1.807) is 0 Å². The Morgan fingerprint density at radius 2 is 1.75 bits per heavy atom. The van der Waals surface area contributed by atoms with Crippen molar-refractivity contribution in [3.63, 3.8) is 0 Å². The molecule has 0 aliphatic rings. The molecule has 3 nitrogen and oxygen atoms in total. The normalized spacial score (nSPS) is 13.9. The molecule has 0 fully saturated rings. The van der Waals surface area contributed by atoms with E-state index in [4.69, 9.17) is 0 Å². The van der Waals surface area contributed by atoms with Gasteiger partial charge in [-0.15, -0.1) is 0 Å². The predicted molar refractivity (Wildman–Crippen MR) is 63.7 cm³/mol. The quantitative estimate of drug-likeness (QED) is 0.444. The molecular weight excluding hydrogens is 231 g/mol. The standard InChI is InChI=1S/C11H23FO3S/c1-3-4-5-6-7-8-11(12)9-10-15-16(2,13)14/h11H,3-10H2,1-2H3/t11-/m1/s1. The lowest BCUT2D eigenvalue weighted by atomic mass is 10.1. The summed E-state index contributed by atoms with van der Waals surface area (Å²) in [6.07, 6.45) is 6.19. The lowest BCUT2D eigenvalue weighted by Gasteiger charge is -2.07. The van der Waals surface area contributed by atoms with Gasteiger partial charge in [-0.1, -0.05) is 39.0 Å². The third kappa shape index (κ3) is 11.9. The second kappa shape index (κ2) is 8.93. The third-order valence-electron chi connectivity index (χ3n) is 2.35. The lowest BCUT2D eigenvalue weighted by Crippen LogP contribution is -2.09. The zero-order chi connectivity index (χ0) is 12.4. The number of alkyl halides is 1. The van der Waals surface area contributed by atoms with Crippen LogP contribution in [-0.4, -0.2) is 27.5 Å². The molecule has 0 aromatic heterocycles. The molecule has 16 heavy (non-hydrogen) atoms. The molecule has 1 atom stereocenters. The van der Waals surface area contributed by atoms with Crippen LogP contribution in [0, 0.1) is 0 Å². The Balaban J connectivity index is 3.34. The average molecular weight is 254 g/mol. The van der Waals surface area contributed by atoms with Gasteiger partial charge in [0.05, 0.1) is 12.9 Å². The molecule has 0 aliphatic carbocycles. The zero-order valence-corrected chi connectivity index (χ0v) is 11.1. The van der Waals surface area contributed by atoms with Gasteiger partial charge in [-0.2, -0.15) is 8.42 Å². The van der Waals surface area contributed by atoms with Crippen LogP contribution < -0.4 is 0 Å². The van der Waals surface area contributed by atoms with Crippen LogP contribution in [0.2, 0.25) is 0 Å². The fraction of sp³-hybridized carbons (Fsp3) is 1.00. The van der Waals surface area contributed by atoms with Gasteiger partial charge < -0.3 is 0 Å². The molecule has 0 unspecified atom stereocenters. The van der Waals surface area contributed by atoms with Crippen molar-refractivity contribution in [3.05, 3.63) is 0 Å². The first-order valence-corrected chi connectivity index (χ1v) is 7.76. The van der Waals surface area contributed by atoms with E-state index in [2.05, 4.69) is 11.1 Å². The SMILES string of the molecule is CCCCCCC[C@@H](F)CCOS(C)(=O)=O. The number of unbranched alkanes of at least 4 members (excludes halogenated alkanes) is 4. The van der Waals surface area contributed by atoms with Crippen LogP contribution in [0.4, 0.5) is 4.39 Å². The van der Waals surface area contributed by atoms with E-state index in [-0.39, 0.29) is 13.0 Å². The molecule has 0 aromatic carbocycles. The monoisotopic (exact) mass is 254 g/mol. The van der Waals surface area contributed by atoms with Crippen molar-refractivity contribution in [2.24, 2.45) is 0 Å². The van der Waals surface area contributed by atoms with Crippen molar-refractivity contribution in [3.8, 4) is 0 Å². The zero-order valence-electron chi connectivity index (χ0n) is 10.2. The van der Waals surface area contributed by atoms with Crippen LogP contribution >= 0.6 is 0 Å². The van der Waals surface area contributed by atoms with Crippen molar-refractivity contribution < 1.29 is 17.0 Å². The summed E-state index contributed by atoms with van der Waals surface area (Å²) in [5.41, 5.74) is 0. The van der Waals surface area contributed by atoms with E-state index < -0.39 is 16.3 Å². The molecule has 0 bridgehead atoms. The average Bonchev–Trinajstić information content (AvgIpc) is 2.15. The van der Waals surface area contributed by atoms with Crippen molar-refractivity contribution >= 4 is 10.1 Å². The fourth-order valence-corrected chi connectivity index (χ4v) is 1.84. The van der Waals surface area contributed by atoms with Gasteiger partial charge in [0, 0.05) is 6.42 Å². The first-order valence-electron chi connectivity index (χ1n) is 5.94. The lowest BCUT2D eigenvalue weighted by molar-refractivity contribution is 0.227. The summed E-state index contributed by atoms with van der Waals surface area (Å²) in [6, 6.07) is 0. The van der Waals surface area contributed by atoms with Gasteiger partial charge in [0.1, 0.15) is 6.17 Å². The molecule has 0 spiro atoms. The Hall–Kier alpha value is -0.160. The highest BCUT2D eigenvalue weighted by molar-refractivity contribution is 7.85. The highest BCUT2D eigenvalue weighted by Crippen LogP contribution is 2.12. The van der Waals surface area contributed by atoms with Gasteiger partial charge >= 0.3 is 0 Å². The number of hydrogen-bond acceptors (Lipinski definition) is 3. The summed E-state index contributed by atoms with van der Waals surface area (Å²) in [7, 11) is -3.42. The van der Waals surface area contributed by atoms with E-state index in [1.807, 2.05) is 0 Å². The van der Waals surface area contributed by atoms with Gasteiger partial charge in [-0.25, -0.2) is 4.39 Å². The van der Waals surface area contributed by atoms with Gasteiger partial charge in [0.15, 0.2) is 0 Å². The molecule has 0 amide bonds. The topological polar surface area (TPSA) is 43.4 Å². The Morgan fingerprint density at radius 3 is 2.31 bits per heavy atom. The van der Waals surface area contributed by atoms with E-state index in [1.165, 1.54) is 12.8 Å². The van der Waals surface area contributed by atoms with Crippen molar-refractivity contribution in [1.29, 1.82) is 0 Å². The summed E-state index contributed by atoms with van der Waals surface area (Å²) in [5, 5.41) is 0. The van der Waals surface area contributed by atoms with Gasteiger partial charge in [-0.05, 0) is 6.42 Å². The summed E-state index contributed by atoms with van der Waals surface area (Å²) in [5.74, 6) is 0. The van der Waals surface area contributed by atoms with Crippen LogP contribution in [0.25, 0.3) is 0 Å². The van der Waals surface area contributed by atoms with Gasteiger partial charge in [-0.3, -0.25) is 4.18 Å². The Labute approximate surface area is 98.5 Å². The molecule has 0 saturated heterocycles. The van der Waals surface area contributed by atoms with E-state index in [0.29, 0.717) is 6.42 Å². The maximum Gasteiger partial charge on any atom is 0.264 e. The molecular formula is C11H23FO3S. The van der Waals surface area contributed by atoms with Crippen LogP contribution in [0.15, 0.2) is 0 Å². The Kier molecular flexibility index (Phi) is 8.84. The molecule has 0 aromatic rings. The number of halogens is 1. The third-order valence-corrected chi connectivity index (χ3v) is 2.94. The molecule has 98 valence electrons. The van der Waals surface area contributed by atoms with E-state index in [0.717, 1.165) is 25.5 Å². The summed E-state index contributed by atoms with van der Waals surface area (Å²) < 4.78 is 38.9. The minimum absolute atomic E-state index is 0.0467. The highest BCUT2D eigenvalue weighted by atomic mass is 32.2. The minimum Gasteiger partial charge on any atom is -0.270 e. The second-order valence-corrected chi connectivity index (χ2v) is 5.76. The van der Waals surface area contributed by atoms with Crippen LogP contribution in [0.5, 0.6) is 0 Å². The predicted octanol–water partition coefficient (Wildman–Crippen LogP) is 3.05. The number of hydrogen-bond donors (Lipinski definition) is 0. The molecule has 5 heteroatoms. The van der Waals surface area contributed by atoms with E-state index in [9.17, 15) is 12.8 Å². The highest BCUT2D eigenvalue weighted by Gasteiger charge is 2.08.